The highest BCUT2D eigenvalue weighted by Gasteiger charge is 2.24. The zero-order valence-electron chi connectivity index (χ0n) is 13.3. The minimum absolute atomic E-state index is 0.0221. The van der Waals surface area contributed by atoms with Gasteiger partial charge in [-0.05, 0) is 43.9 Å². The van der Waals surface area contributed by atoms with Crippen LogP contribution in [0, 0.1) is 13.8 Å². The molecule has 0 aliphatic carbocycles. The van der Waals surface area contributed by atoms with E-state index in [-0.39, 0.29) is 30.9 Å². The number of carbonyl (C=O) groups excluding carboxylic acids is 2. The van der Waals surface area contributed by atoms with Gasteiger partial charge in [-0.2, -0.15) is 0 Å². The van der Waals surface area contributed by atoms with Crippen LogP contribution >= 0.6 is 0 Å². The summed E-state index contributed by atoms with van der Waals surface area (Å²) in [5.74, 6) is -0.0841. The predicted octanol–water partition coefficient (Wildman–Crippen LogP) is 1.45. The third-order valence-corrected chi connectivity index (χ3v) is 4.18. The Morgan fingerprint density at radius 3 is 2.77 bits per heavy atom. The molecule has 1 atom stereocenters. The molecule has 0 saturated carbocycles. The number of rotatable bonds is 5. The number of likely N-dealkylation sites (tertiary alicyclic amines) is 1. The summed E-state index contributed by atoms with van der Waals surface area (Å²) in [6, 6.07) is 5.68. The summed E-state index contributed by atoms with van der Waals surface area (Å²) >= 11 is 0. The van der Waals surface area contributed by atoms with Crippen molar-refractivity contribution >= 4 is 11.7 Å². The maximum absolute atomic E-state index is 12.2. The average molecular weight is 304 g/mol. The van der Waals surface area contributed by atoms with E-state index in [0.717, 1.165) is 24.9 Å². The molecule has 5 nitrogen and oxygen atoms in total. The standard InChI is InChI=1S/C17H24N2O3/c1-12-5-6-14(8-13(12)2)16(20)11-22-15-4-3-7-19(10-15)17(21)9-18/h5-6,8,15H,3-4,7,9-11,18H2,1-2H3. The fourth-order valence-corrected chi connectivity index (χ4v) is 2.62. The molecule has 1 aliphatic rings. The van der Waals surface area contributed by atoms with Crippen molar-refractivity contribution in [1.82, 2.24) is 4.90 Å². The molecule has 1 aromatic carbocycles. The molecule has 1 heterocycles. The molecule has 1 saturated heterocycles. The lowest BCUT2D eigenvalue weighted by Gasteiger charge is -2.32. The van der Waals surface area contributed by atoms with Crippen LogP contribution in [0.3, 0.4) is 0 Å². The van der Waals surface area contributed by atoms with Gasteiger partial charge in [0.25, 0.3) is 0 Å². The molecule has 0 spiro atoms. The number of piperidine rings is 1. The lowest BCUT2D eigenvalue weighted by atomic mass is 10.0. The molecule has 2 N–H and O–H groups in total. The summed E-state index contributed by atoms with van der Waals surface area (Å²) < 4.78 is 5.71. The minimum Gasteiger partial charge on any atom is -0.368 e. The molecule has 0 aromatic heterocycles. The topological polar surface area (TPSA) is 72.6 Å². The van der Waals surface area contributed by atoms with E-state index < -0.39 is 0 Å². The van der Waals surface area contributed by atoms with Gasteiger partial charge < -0.3 is 15.4 Å². The van der Waals surface area contributed by atoms with Crippen molar-refractivity contribution in [2.75, 3.05) is 26.2 Å². The summed E-state index contributed by atoms with van der Waals surface area (Å²) in [4.78, 5) is 25.5. The number of amides is 1. The molecule has 1 aliphatic heterocycles. The van der Waals surface area contributed by atoms with Gasteiger partial charge in [0.2, 0.25) is 5.91 Å². The van der Waals surface area contributed by atoms with Gasteiger partial charge in [0, 0.05) is 18.7 Å². The molecule has 22 heavy (non-hydrogen) atoms. The zero-order chi connectivity index (χ0) is 16.1. The molecule has 5 heteroatoms. The highest BCUT2D eigenvalue weighted by atomic mass is 16.5. The smallest absolute Gasteiger partial charge is 0.236 e. The Kier molecular flexibility index (Phi) is 5.69. The van der Waals surface area contributed by atoms with E-state index in [1.807, 2.05) is 32.0 Å². The number of Topliss-reactive ketones (excluding diaryl/α,β-unsaturated/α-hetero) is 1. The highest BCUT2D eigenvalue weighted by molar-refractivity contribution is 5.97. The first-order valence-electron chi connectivity index (χ1n) is 7.71. The van der Waals surface area contributed by atoms with Crippen LogP contribution < -0.4 is 5.73 Å². The SMILES string of the molecule is Cc1ccc(C(=O)COC2CCCN(C(=O)CN)C2)cc1C. The van der Waals surface area contributed by atoms with Crippen molar-refractivity contribution in [3.8, 4) is 0 Å². The number of nitrogens with two attached hydrogens (primary N) is 1. The molecule has 2 rings (SSSR count). The summed E-state index contributed by atoms with van der Waals surface area (Å²) in [5, 5.41) is 0. The van der Waals surface area contributed by atoms with Crippen LogP contribution in [0.5, 0.6) is 0 Å². The number of benzene rings is 1. The monoisotopic (exact) mass is 304 g/mol. The highest BCUT2D eigenvalue weighted by Crippen LogP contribution is 2.15. The van der Waals surface area contributed by atoms with E-state index >= 15 is 0 Å². The number of nitrogens with zero attached hydrogens (tertiary/aromatic N) is 1. The molecule has 0 radical (unpaired) electrons. The number of carbonyl (C=O) groups is 2. The van der Waals surface area contributed by atoms with E-state index in [2.05, 4.69) is 0 Å². The van der Waals surface area contributed by atoms with Crippen molar-refractivity contribution in [3.05, 3.63) is 34.9 Å². The zero-order valence-corrected chi connectivity index (χ0v) is 13.3. The van der Waals surface area contributed by atoms with Gasteiger partial charge in [-0.15, -0.1) is 0 Å². The summed E-state index contributed by atoms with van der Waals surface area (Å²) in [5.41, 5.74) is 8.33. The Morgan fingerprint density at radius 1 is 1.32 bits per heavy atom. The van der Waals surface area contributed by atoms with Crippen LogP contribution in [0.1, 0.15) is 34.3 Å². The van der Waals surface area contributed by atoms with Crippen LogP contribution in [0.4, 0.5) is 0 Å². The molecule has 1 unspecified atom stereocenters. The predicted molar refractivity (Wildman–Crippen MR) is 84.9 cm³/mol. The van der Waals surface area contributed by atoms with Gasteiger partial charge in [0.1, 0.15) is 6.61 Å². The van der Waals surface area contributed by atoms with Gasteiger partial charge in [-0.25, -0.2) is 0 Å². The first-order chi connectivity index (χ1) is 10.5. The number of hydrogen-bond donors (Lipinski definition) is 1. The maximum Gasteiger partial charge on any atom is 0.236 e. The van der Waals surface area contributed by atoms with E-state index in [4.69, 9.17) is 10.5 Å². The quantitative estimate of drug-likeness (QED) is 0.836. The molecule has 0 bridgehead atoms. The van der Waals surface area contributed by atoms with Crippen molar-refractivity contribution in [2.24, 2.45) is 5.73 Å². The first kappa shape index (κ1) is 16.6. The number of ether oxygens (including phenoxy) is 1. The Morgan fingerprint density at radius 2 is 2.09 bits per heavy atom. The van der Waals surface area contributed by atoms with E-state index in [1.165, 1.54) is 5.56 Å². The summed E-state index contributed by atoms with van der Waals surface area (Å²) in [6.45, 7) is 5.33. The second kappa shape index (κ2) is 7.51. The molecule has 1 amide bonds. The Bertz CT molecular complexity index is 557. The van der Waals surface area contributed by atoms with Crippen LogP contribution in [0.2, 0.25) is 0 Å². The largest absolute Gasteiger partial charge is 0.368 e. The van der Waals surface area contributed by atoms with Crippen LogP contribution in [-0.2, 0) is 9.53 Å². The third-order valence-electron chi connectivity index (χ3n) is 4.18. The van der Waals surface area contributed by atoms with Crippen LogP contribution in [0.15, 0.2) is 18.2 Å². The third kappa shape index (κ3) is 4.15. The van der Waals surface area contributed by atoms with Gasteiger partial charge in [-0.3, -0.25) is 9.59 Å². The van der Waals surface area contributed by atoms with Crippen LogP contribution in [0.25, 0.3) is 0 Å². The average Bonchev–Trinajstić information content (AvgIpc) is 2.54. The summed E-state index contributed by atoms with van der Waals surface area (Å²) in [7, 11) is 0. The first-order valence-corrected chi connectivity index (χ1v) is 7.71. The molecular formula is C17H24N2O3. The normalized spacial score (nSPS) is 18.3. The lowest BCUT2D eigenvalue weighted by molar-refractivity contribution is -0.133. The fraction of sp³-hybridized carbons (Fsp3) is 0.529. The minimum atomic E-state index is -0.0836. The maximum atomic E-state index is 12.2. The van der Waals surface area contributed by atoms with E-state index in [9.17, 15) is 9.59 Å². The second-order valence-electron chi connectivity index (χ2n) is 5.84. The Labute approximate surface area is 131 Å². The fourth-order valence-electron chi connectivity index (χ4n) is 2.62. The molecular weight excluding hydrogens is 280 g/mol. The lowest BCUT2D eigenvalue weighted by Crippen LogP contribution is -2.45. The number of hydrogen-bond acceptors (Lipinski definition) is 4. The van der Waals surface area contributed by atoms with Crippen molar-refractivity contribution < 1.29 is 14.3 Å². The van der Waals surface area contributed by atoms with Gasteiger partial charge in [0.15, 0.2) is 5.78 Å². The molecule has 120 valence electrons. The van der Waals surface area contributed by atoms with Gasteiger partial charge in [-0.1, -0.05) is 12.1 Å². The number of aryl methyl sites for hydroxylation is 2. The molecule has 1 fully saturated rings. The van der Waals surface area contributed by atoms with Crippen molar-refractivity contribution in [2.45, 2.75) is 32.8 Å². The molecule has 1 aromatic rings. The van der Waals surface area contributed by atoms with E-state index in [1.54, 1.807) is 4.90 Å². The Hall–Kier alpha value is -1.72. The van der Waals surface area contributed by atoms with Crippen molar-refractivity contribution in [3.63, 3.8) is 0 Å². The van der Waals surface area contributed by atoms with Gasteiger partial charge >= 0.3 is 0 Å². The van der Waals surface area contributed by atoms with Crippen molar-refractivity contribution in [1.29, 1.82) is 0 Å². The second-order valence-corrected chi connectivity index (χ2v) is 5.84. The Balaban J connectivity index is 1.87. The number of ketones is 1. The summed E-state index contributed by atoms with van der Waals surface area (Å²) in [6.07, 6.45) is 1.67. The van der Waals surface area contributed by atoms with E-state index in [0.29, 0.717) is 12.1 Å². The van der Waals surface area contributed by atoms with Gasteiger partial charge in [0.05, 0.1) is 12.6 Å². The van der Waals surface area contributed by atoms with Crippen LogP contribution in [-0.4, -0.2) is 48.9 Å².